The van der Waals surface area contributed by atoms with Gasteiger partial charge in [0.15, 0.2) is 0 Å². The molecule has 1 heterocycles. The monoisotopic (exact) mass is 155 g/mol. The van der Waals surface area contributed by atoms with Crippen LogP contribution in [-0.4, -0.2) is 11.5 Å². The van der Waals surface area contributed by atoms with Crippen LogP contribution >= 0.6 is 0 Å². The van der Waals surface area contributed by atoms with Crippen molar-refractivity contribution in [3.63, 3.8) is 0 Å². The van der Waals surface area contributed by atoms with E-state index in [-0.39, 0.29) is 0 Å². The van der Waals surface area contributed by atoms with Gasteiger partial charge in [0.2, 0.25) is 0 Å². The SMILES string of the molecule is NCCc1ncc(F)cc1N. The molecule has 0 fully saturated rings. The summed E-state index contributed by atoms with van der Waals surface area (Å²) in [5.74, 6) is -0.414. The molecule has 4 heteroatoms. The second kappa shape index (κ2) is 3.30. The first-order valence-electron chi connectivity index (χ1n) is 3.34. The van der Waals surface area contributed by atoms with Crippen molar-refractivity contribution in [2.45, 2.75) is 6.42 Å². The second-order valence-electron chi connectivity index (χ2n) is 2.23. The van der Waals surface area contributed by atoms with Crippen LogP contribution < -0.4 is 11.5 Å². The Hall–Kier alpha value is -1.16. The second-order valence-corrected chi connectivity index (χ2v) is 2.23. The molecule has 3 nitrogen and oxygen atoms in total. The van der Waals surface area contributed by atoms with Crippen LogP contribution in [0.3, 0.4) is 0 Å². The number of pyridine rings is 1. The first-order valence-corrected chi connectivity index (χ1v) is 3.34. The smallest absolute Gasteiger partial charge is 0.143 e. The summed E-state index contributed by atoms with van der Waals surface area (Å²) < 4.78 is 12.4. The highest BCUT2D eigenvalue weighted by molar-refractivity contribution is 5.42. The van der Waals surface area contributed by atoms with Gasteiger partial charge < -0.3 is 11.5 Å². The maximum absolute atomic E-state index is 12.4. The highest BCUT2D eigenvalue weighted by atomic mass is 19.1. The van der Waals surface area contributed by atoms with Crippen LogP contribution in [0.2, 0.25) is 0 Å². The molecule has 1 aromatic heterocycles. The van der Waals surface area contributed by atoms with E-state index in [1.165, 1.54) is 6.07 Å². The molecule has 0 aliphatic heterocycles. The average molecular weight is 155 g/mol. The number of hydrogen-bond donors (Lipinski definition) is 2. The Morgan fingerprint density at radius 1 is 1.55 bits per heavy atom. The number of nitrogens with two attached hydrogens (primary N) is 2. The fourth-order valence-electron chi connectivity index (χ4n) is 0.829. The molecule has 11 heavy (non-hydrogen) atoms. The Kier molecular flexibility index (Phi) is 2.38. The van der Waals surface area contributed by atoms with E-state index in [9.17, 15) is 4.39 Å². The van der Waals surface area contributed by atoms with Crippen molar-refractivity contribution < 1.29 is 4.39 Å². The average Bonchev–Trinajstić information content (AvgIpc) is 1.95. The van der Waals surface area contributed by atoms with Crippen molar-refractivity contribution in [2.24, 2.45) is 5.73 Å². The molecule has 0 atom stereocenters. The Labute approximate surface area is 64.2 Å². The Balaban J connectivity index is 2.90. The maximum atomic E-state index is 12.4. The van der Waals surface area contributed by atoms with Crippen molar-refractivity contribution >= 4 is 5.69 Å². The normalized spacial score (nSPS) is 10.0. The van der Waals surface area contributed by atoms with Crippen molar-refractivity contribution in [1.82, 2.24) is 4.98 Å². The third-order valence-corrected chi connectivity index (χ3v) is 1.35. The molecular formula is C7H10FN3. The molecule has 0 aliphatic carbocycles. The van der Waals surface area contributed by atoms with E-state index in [4.69, 9.17) is 11.5 Å². The van der Waals surface area contributed by atoms with Gasteiger partial charge in [-0.2, -0.15) is 0 Å². The van der Waals surface area contributed by atoms with Gasteiger partial charge in [0, 0.05) is 12.5 Å². The highest BCUT2D eigenvalue weighted by Crippen LogP contribution is 2.09. The molecular weight excluding hydrogens is 145 g/mol. The maximum Gasteiger partial charge on any atom is 0.143 e. The molecule has 1 aromatic rings. The summed E-state index contributed by atoms with van der Waals surface area (Å²) >= 11 is 0. The summed E-state index contributed by atoms with van der Waals surface area (Å²) in [6, 6.07) is 1.25. The number of rotatable bonds is 2. The largest absolute Gasteiger partial charge is 0.397 e. The van der Waals surface area contributed by atoms with Gasteiger partial charge in [-0.1, -0.05) is 0 Å². The van der Waals surface area contributed by atoms with Crippen molar-refractivity contribution in [3.05, 3.63) is 23.8 Å². The molecule has 0 radical (unpaired) electrons. The number of nitrogen functional groups attached to an aromatic ring is 1. The van der Waals surface area contributed by atoms with Crippen LogP contribution in [0.25, 0.3) is 0 Å². The van der Waals surface area contributed by atoms with E-state index >= 15 is 0 Å². The lowest BCUT2D eigenvalue weighted by Crippen LogP contribution is -2.07. The van der Waals surface area contributed by atoms with Crippen LogP contribution in [-0.2, 0) is 6.42 Å². The van der Waals surface area contributed by atoms with E-state index in [2.05, 4.69) is 4.98 Å². The number of halogens is 1. The van der Waals surface area contributed by atoms with E-state index in [1.54, 1.807) is 0 Å². The summed E-state index contributed by atoms with van der Waals surface area (Å²) in [5.41, 5.74) is 11.8. The standard InChI is InChI=1S/C7H10FN3/c8-5-3-6(10)7(1-2-9)11-4-5/h3-4H,1-2,9-10H2. The first-order chi connectivity index (χ1) is 5.24. The molecule has 0 unspecified atom stereocenters. The van der Waals surface area contributed by atoms with Crippen LogP contribution in [0.1, 0.15) is 5.69 Å². The molecule has 0 saturated heterocycles. The fraction of sp³-hybridized carbons (Fsp3) is 0.286. The van der Waals surface area contributed by atoms with Crippen LogP contribution in [0, 0.1) is 5.82 Å². The Morgan fingerprint density at radius 2 is 2.27 bits per heavy atom. The summed E-state index contributed by atoms with van der Waals surface area (Å²) in [6.07, 6.45) is 1.73. The van der Waals surface area contributed by atoms with E-state index < -0.39 is 5.82 Å². The predicted molar refractivity (Wildman–Crippen MR) is 41.4 cm³/mol. The third-order valence-electron chi connectivity index (χ3n) is 1.35. The van der Waals surface area contributed by atoms with Gasteiger partial charge >= 0.3 is 0 Å². The number of anilines is 1. The van der Waals surface area contributed by atoms with Crippen LogP contribution in [0.4, 0.5) is 10.1 Å². The number of aromatic nitrogens is 1. The molecule has 1 rings (SSSR count). The molecule has 0 saturated carbocycles. The minimum atomic E-state index is -0.414. The molecule has 4 N–H and O–H groups in total. The number of hydrogen-bond acceptors (Lipinski definition) is 3. The van der Waals surface area contributed by atoms with E-state index in [0.717, 1.165) is 6.20 Å². The predicted octanol–water partition coefficient (Wildman–Crippen LogP) is 0.304. The van der Waals surface area contributed by atoms with Crippen LogP contribution in [0.5, 0.6) is 0 Å². The van der Waals surface area contributed by atoms with Gasteiger partial charge in [0.05, 0.1) is 17.6 Å². The topological polar surface area (TPSA) is 64.9 Å². The Bertz CT molecular complexity index is 249. The molecule has 0 aromatic carbocycles. The molecule has 0 bridgehead atoms. The molecule has 0 spiro atoms. The van der Waals surface area contributed by atoms with Gasteiger partial charge in [-0.05, 0) is 6.54 Å². The minimum absolute atomic E-state index is 0.371. The lowest BCUT2D eigenvalue weighted by atomic mass is 10.2. The van der Waals surface area contributed by atoms with Gasteiger partial charge in [0.1, 0.15) is 5.82 Å². The summed E-state index contributed by atoms with van der Waals surface area (Å²) in [6.45, 7) is 0.475. The molecule has 0 aliphatic rings. The van der Waals surface area contributed by atoms with E-state index in [1.807, 2.05) is 0 Å². The zero-order valence-corrected chi connectivity index (χ0v) is 6.05. The third kappa shape index (κ3) is 1.88. The summed E-state index contributed by atoms with van der Waals surface area (Å²) in [7, 11) is 0. The van der Waals surface area contributed by atoms with Crippen molar-refractivity contribution in [1.29, 1.82) is 0 Å². The van der Waals surface area contributed by atoms with Crippen molar-refractivity contribution in [2.75, 3.05) is 12.3 Å². The van der Waals surface area contributed by atoms with Crippen molar-refractivity contribution in [3.8, 4) is 0 Å². The lowest BCUT2D eigenvalue weighted by Gasteiger charge is -2.01. The lowest BCUT2D eigenvalue weighted by molar-refractivity contribution is 0.620. The van der Waals surface area contributed by atoms with Gasteiger partial charge in [-0.15, -0.1) is 0 Å². The summed E-state index contributed by atoms with van der Waals surface area (Å²) in [4.78, 5) is 3.79. The summed E-state index contributed by atoms with van der Waals surface area (Å²) in [5, 5.41) is 0. The quantitative estimate of drug-likeness (QED) is 0.645. The molecule has 0 amide bonds. The first kappa shape index (κ1) is 7.94. The zero-order valence-electron chi connectivity index (χ0n) is 6.05. The zero-order chi connectivity index (χ0) is 8.27. The van der Waals surface area contributed by atoms with E-state index in [0.29, 0.717) is 24.3 Å². The van der Waals surface area contributed by atoms with Gasteiger partial charge in [0.25, 0.3) is 0 Å². The van der Waals surface area contributed by atoms with Gasteiger partial charge in [-0.25, -0.2) is 4.39 Å². The molecule has 60 valence electrons. The number of nitrogens with zero attached hydrogens (tertiary/aromatic N) is 1. The highest BCUT2D eigenvalue weighted by Gasteiger charge is 2.00. The van der Waals surface area contributed by atoms with Crippen LogP contribution in [0.15, 0.2) is 12.3 Å². The fourth-order valence-corrected chi connectivity index (χ4v) is 0.829. The minimum Gasteiger partial charge on any atom is -0.397 e. The van der Waals surface area contributed by atoms with Gasteiger partial charge in [-0.3, -0.25) is 4.98 Å². The Morgan fingerprint density at radius 3 is 2.82 bits per heavy atom.